The van der Waals surface area contributed by atoms with Crippen molar-refractivity contribution in [2.45, 2.75) is 13.8 Å². The molecular formula is C13H20O5. The molecule has 0 aromatic heterocycles. The third kappa shape index (κ3) is 12.2. The van der Waals surface area contributed by atoms with Gasteiger partial charge in [0.1, 0.15) is 13.2 Å². The van der Waals surface area contributed by atoms with Gasteiger partial charge in [-0.1, -0.05) is 25.8 Å². The summed E-state index contributed by atoms with van der Waals surface area (Å²) in [6, 6.07) is 0. The van der Waals surface area contributed by atoms with Gasteiger partial charge in [-0.05, 0) is 13.8 Å². The molecule has 0 spiro atoms. The average Bonchev–Trinajstić information content (AvgIpc) is 2.33. The quantitative estimate of drug-likeness (QED) is 0.441. The van der Waals surface area contributed by atoms with Crippen molar-refractivity contribution in [2.75, 3.05) is 19.8 Å². The monoisotopic (exact) mass is 256 g/mol. The Morgan fingerprint density at radius 1 is 1.11 bits per heavy atom. The first kappa shape index (κ1) is 18.5. The zero-order valence-electron chi connectivity index (χ0n) is 10.9. The molecule has 0 saturated heterocycles. The van der Waals surface area contributed by atoms with Gasteiger partial charge in [-0.25, -0.2) is 9.59 Å². The number of ether oxygens (including phenoxy) is 2. The van der Waals surface area contributed by atoms with E-state index in [1.54, 1.807) is 13.8 Å². The molecule has 0 bridgehead atoms. The molecule has 0 aliphatic carbocycles. The van der Waals surface area contributed by atoms with E-state index in [4.69, 9.17) is 5.11 Å². The fourth-order valence-electron chi connectivity index (χ4n) is 0.519. The Morgan fingerprint density at radius 2 is 1.56 bits per heavy atom. The number of hydrogen-bond donors (Lipinski definition) is 1. The Hall–Kier alpha value is -1.88. The molecule has 102 valence electrons. The Balaban J connectivity index is 0. The first-order chi connectivity index (χ1) is 8.36. The van der Waals surface area contributed by atoms with Crippen LogP contribution in [-0.2, 0) is 19.1 Å². The molecular weight excluding hydrogens is 236 g/mol. The van der Waals surface area contributed by atoms with Crippen molar-refractivity contribution in [2.24, 2.45) is 0 Å². The van der Waals surface area contributed by atoms with Gasteiger partial charge < -0.3 is 14.6 Å². The van der Waals surface area contributed by atoms with Gasteiger partial charge in [-0.2, -0.15) is 0 Å². The number of esters is 2. The molecule has 0 rings (SSSR count). The molecule has 0 atom stereocenters. The highest BCUT2D eigenvalue weighted by Crippen LogP contribution is 1.90. The van der Waals surface area contributed by atoms with Gasteiger partial charge >= 0.3 is 11.9 Å². The van der Waals surface area contributed by atoms with Crippen molar-refractivity contribution in [1.29, 1.82) is 0 Å². The van der Waals surface area contributed by atoms with Crippen LogP contribution in [0.3, 0.4) is 0 Å². The van der Waals surface area contributed by atoms with Crippen molar-refractivity contribution >= 4 is 11.9 Å². The zero-order chi connectivity index (χ0) is 14.6. The van der Waals surface area contributed by atoms with Gasteiger partial charge in [-0.15, -0.1) is 0 Å². The molecule has 0 amide bonds. The molecule has 0 aromatic rings. The second-order valence-electron chi connectivity index (χ2n) is 3.31. The van der Waals surface area contributed by atoms with Crippen LogP contribution >= 0.6 is 0 Å². The highest BCUT2D eigenvalue weighted by Gasteiger charge is 2.00. The van der Waals surface area contributed by atoms with Crippen LogP contribution < -0.4 is 0 Å². The summed E-state index contributed by atoms with van der Waals surface area (Å²) in [5.41, 5.74) is 0.764. The van der Waals surface area contributed by atoms with E-state index < -0.39 is 5.97 Å². The third-order valence-electron chi connectivity index (χ3n) is 1.35. The molecule has 18 heavy (non-hydrogen) atoms. The number of rotatable bonds is 6. The molecule has 0 aliphatic heterocycles. The maximum absolute atomic E-state index is 10.5. The minimum atomic E-state index is -0.455. The van der Waals surface area contributed by atoms with Crippen LogP contribution in [0.4, 0.5) is 0 Å². The van der Waals surface area contributed by atoms with E-state index in [9.17, 15) is 9.59 Å². The fourth-order valence-corrected chi connectivity index (χ4v) is 0.519. The Kier molecular flexibility index (Phi) is 11.9. The predicted octanol–water partition coefficient (Wildman–Crippen LogP) is 1.39. The predicted molar refractivity (Wildman–Crippen MR) is 68.8 cm³/mol. The molecule has 5 heteroatoms. The zero-order valence-corrected chi connectivity index (χ0v) is 10.9. The lowest BCUT2D eigenvalue weighted by Crippen LogP contribution is -2.08. The first-order valence-corrected chi connectivity index (χ1v) is 5.23. The normalized spacial score (nSPS) is 8.39. The second kappa shape index (κ2) is 11.6. The summed E-state index contributed by atoms with van der Waals surface area (Å²) >= 11 is 0. The molecule has 0 aromatic carbocycles. The standard InChI is InChI=1S/C7H10O2.C6H10O3/c1-4-5-9-7(8)6(2)3;1-5(2)6(8)9-4-3-7/h4H,1-2,5H2,3H3;7H,1,3-4H2,2H3. The van der Waals surface area contributed by atoms with E-state index >= 15 is 0 Å². The van der Waals surface area contributed by atoms with Crippen LogP contribution in [0, 0.1) is 0 Å². The molecule has 0 fully saturated rings. The minimum absolute atomic E-state index is 0.0473. The summed E-state index contributed by atoms with van der Waals surface area (Å²) in [6.07, 6.45) is 1.51. The molecule has 1 N–H and O–H groups in total. The van der Waals surface area contributed by atoms with E-state index in [0.29, 0.717) is 11.1 Å². The molecule has 0 radical (unpaired) electrons. The van der Waals surface area contributed by atoms with E-state index in [0.717, 1.165) is 0 Å². The van der Waals surface area contributed by atoms with E-state index in [-0.39, 0.29) is 25.8 Å². The van der Waals surface area contributed by atoms with Crippen molar-refractivity contribution in [3.05, 3.63) is 37.0 Å². The molecule has 0 unspecified atom stereocenters. The van der Waals surface area contributed by atoms with Gasteiger partial charge in [0.15, 0.2) is 0 Å². The lowest BCUT2D eigenvalue weighted by molar-refractivity contribution is -0.140. The van der Waals surface area contributed by atoms with Gasteiger partial charge in [0.25, 0.3) is 0 Å². The summed E-state index contributed by atoms with van der Waals surface area (Å²) in [5, 5.41) is 8.19. The number of hydrogen-bond acceptors (Lipinski definition) is 5. The molecule has 0 aliphatic rings. The van der Waals surface area contributed by atoms with Crippen molar-refractivity contribution < 1.29 is 24.2 Å². The van der Waals surface area contributed by atoms with Gasteiger partial charge in [-0.3, -0.25) is 0 Å². The second-order valence-corrected chi connectivity index (χ2v) is 3.31. The maximum atomic E-state index is 10.5. The Morgan fingerprint density at radius 3 is 1.89 bits per heavy atom. The number of aliphatic hydroxyl groups excluding tert-OH is 1. The van der Waals surface area contributed by atoms with Crippen LogP contribution in [0.25, 0.3) is 0 Å². The number of aliphatic hydroxyl groups is 1. The lowest BCUT2D eigenvalue weighted by Gasteiger charge is -1.99. The van der Waals surface area contributed by atoms with Crippen LogP contribution in [-0.4, -0.2) is 36.9 Å². The number of carbonyl (C=O) groups excluding carboxylic acids is 2. The van der Waals surface area contributed by atoms with E-state index in [1.807, 2.05) is 0 Å². The lowest BCUT2D eigenvalue weighted by atomic mass is 10.4. The summed E-state index contributed by atoms with van der Waals surface area (Å²) < 4.78 is 9.06. The van der Waals surface area contributed by atoms with Gasteiger partial charge in [0.05, 0.1) is 6.61 Å². The summed E-state index contributed by atoms with van der Waals surface area (Å²) in [5.74, 6) is -0.820. The molecule has 0 saturated carbocycles. The van der Waals surface area contributed by atoms with Crippen molar-refractivity contribution in [3.63, 3.8) is 0 Å². The summed E-state index contributed by atoms with van der Waals surface area (Å²) in [6.45, 7) is 13.5. The Labute approximate surface area is 107 Å². The van der Waals surface area contributed by atoms with Crippen molar-refractivity contribution in [3.8, 4) is 0 Å². The van der Waals surface area contributed by atoms with Gasteiger partial charge in [0, 0.05) is 11.1 Å². The fraction of sp³-hybridized carbons (Fsp3) is 0.385. The topological polar surface area (TPSA) is 72.8 Å². The highest BCUT2D eigenvalue weighted by atomic mass is 16.5. The summed E-state index contributed by atoms with van der Waals surface area (Å²) in [7, 11) is 0. The summed E-state index contributed by atoms with van der Waals surface area (Å²) in [4.78, 5) is 21.0. The van der Waals surface area contributed by atoms with Gasteiger partial charge in [0.2, 0.25) is 0 Å². The van der Waals surface area contributed by atoms with Crippen LogP contribution in [0.15, 0.2) is 37.0 Å². The van der Waals surface area contributed by atoms with E-state index in [2.05, 4.69) is 29.2 Å². The van der Waals surface area contributed by atoms with Crippen LogP contribution in [0.1, 0.15) is 13.8 Å². The Bertz CT molecular complexity index is 317. The maximum Gasteiger partial charge on any atom is 0.333 e. The smallest absolute Gasteiger partial charge is 0.333 e. The number of carbonyl (C=O) groups is 2. The SMILES string of the molecule is C=C(C)C(=O)OCCO.C=CCOC(=O)C(=C)C. The molecule has 5 nitrogen and oxygen atoms in total. The van der Waals surface area contributed by atoms with Crippen molar-refractivity contribution in [1.82, 2.24) is 0 Å². The minimum Gasteiger partial charge on any atom is -0.460 e. The van der Waals surface area contributed by atoms with E-state index in [1.165, 1.54) is 6.08 Å². The highest BCUT2D eigenvalue weighted by molar-refractivity contribution is 5.87. The first-order valence-electron chi connectivity index (χ1n) is 5.23. The average molecular weight is 256 g/mol. The van der Waals surface area contributed by atoms with Crippen LogP contribution in [0.5, 0.6) is 0 Å². The molecule has 0 heterocycles. The third-order valence-corrected chi connectivity index (χ3v) is 1.35. The van der Waals surface area contributed by atoms with Crippen LogP contribution in [0.2, 0.25) is 0 Å². The largest absolute Gasteiger partial charge is 0.460 e.